The summed E-state index contributed by atoms with van der Waals surface area (Å²) in [6, 6.07) is 7.53. The molecule has 1 aromatic heterocycles. The van der Waals surface area contributed by atoms with E-state index < -0.39 is 0 Å². The van der Waals surface area contributed by atoms with Gasteiger partial charge in [-0.05, 0) is 37.0 Å². The first-order valence-corrected chi connectivity index (χ1v) is 9.60. The van der Waals surface area contributed by atoms with E-state index in [1.165, 1.54) is 0 Å². The number of halogens is 1. The zero-order valence-electron chi connectivity index (χ0n) is 15.5. The Labute approximate surface area is 164 Å². The second-order valence-electron chi connectivity index (χ2n) is 6.61. The van der Waals surface area contributed by atoms with Crippen molar-refractivity contribution in [1.29, 1.82) is 0 Å². The molecular formula is C20H25ClN2O4. The van der Waals surface area contributed by atoms with Gasteiger partial charge < -0.3 is 18.8 Å². The van der Waals surface area contributed by atoms with Gasteiger partial charge in [-0.25, -0.2) is 4.98 Å². The van der Waals surface area contributed by atoms with Crippen LogP contribution in [0.2, 0.25) is 5.02 Å². The van der Waals surface area contributed by atoms with E-state index in [1.54, 1.807) is 13.3 Å². The van der Waals surface area contributed by atoms with Crippen molar-refractivity contribution in [3.8, 4) is 0 Å². The number of carbonyl (C=O) groups excluding carboxylic acids is 1. The van der Waals surface area contributed by atoms with E-state index in [9.17, 15) is 4.79 Å². The Hall–Kier alpha value is -1.89. The third kappa shape index (κ3) is 5.54. The van der Waals surface area contributed by atoms with Gasteiger partial charge in [0.15, 0.2) is 0 Å². The fourth-order valence-electron chi connectivity index (χ4n) is 3.23. The number of hydrogen-bond donors (Lipinski definition) is 0. The summed E-state index contributed by atoms with van der Waals surface area (Å²) in [5, 5.41) is 0.709. The lowest BCUT2D eigenvalue weighted by molar-refractivity contribution is -0.141. The lowest BCUT2D eigenvalue weighted by Gasteiger charge is -2.33. The quantitative estimate of drug-likeness (QED) is 0.642. The summed E-state index contributed by atoms with van der Waals surface area (Å²) in [5.74, 6) is 1.35. The molecule has 1 fully saturated rings. The summed E-state index contributed by atoms with van der Waals surface area (Å²) in [7, 11) is 1.61. The Morgan fingerprint density at radius 1 is 1.30 bits per heavy atom. The topological polar surface area (TPSA) is 64.8 Å². The van der Waals surface area contributed by atoms with Crippen LogP contribution in [0.3, 0.4) is 0 Å². The number of piperidine rings is 1. The van der Waals surface area contributed by atoms with E-state index in [1.807, 2.05) is 29.2 Å². The molecule has 1 aromatic carbocycles. The number of carbonyl (C=O) groups is 1. The summed E-state index contributed by atoms with van der Waals surface area (Å²) in [6.45, 7) is 1.64. The number of hydrogen-bond acceptors (Lipinski definition) is 5. The number of aromatic nitrogens is 1. The van der Waals surface area contributed by atoms with Crippen molar-refractivity contribution in [3.05, 3.63) is 52.7 Å². The van der Waals surface area contributed by atoms with Crippen LogP contribution in [0.5, 0.6) is 0 Å². The van der Waals surface area contributed by atoms with Crippen molar-refractivity contribution in [3.63, 3.8) is 0 Å². The van der Waals surface area contributed by atoms with E-state index >= 15 is 0 Å². The first-order valence-electron chi connectivity index (χ1n) is 9.22. The van der Waals surface area contributed by atoms with Gasteiger partial charge in [-0.15, -0.1) is 0 Å². The van der Waals surface area contributed by atoms with Crippen LogP contribution in [-0.2, 0) is 20.7 Å². The Morgan fingerprint density at radius 3 is 2.89 bits per heavy atom. The highest BCUT2D eigenvalue weighted by Gasteiger charge is 2.31. The number of oxazole rings is 1. The maximum absolute atomic E-state index is 12.6. The molecule has 0 bridgehead atoms. The predicted octanol–water partition coefficient (Wildman–Crippen LogP) is 3.64. The minimum absolute atomic E-state index is 0.0340. The Morgan fingerprint density at radius 2 is 2.11 bits per heavy atom. The van der Waals surface area contributed by atoms with Gasteiger partial charge >= 0.3 is 0 Å². The monoisotopic (exact) mass is 392 g/mol. The average Bonchev–Trinajstić information content (AvgIpc) is 3.15. The lowest BCUT2D eigenvalue weighted by atomic mass is 10.0. The highest BCUT2D eigenvalue weighted by molar-refractivity contribution is 6.30. The molecule has 2 heterocycles. The molecule has 0 spiro atoms. The summed E-state index contributed by atoms with van der Waals surface area (Å²) in [6.07, 6.45) is 5.28. The number of rotatable bonds is 8. The molecule has 1 amide bonds. The minimum atomic E-state index is -0.128. The molecule has 0 saturated carbocycles. The molecule has 146 valence electrons. The van der Waals surface area contributed by atoms with Gasteiger partial charge in [-0.1, -0.05) is 23.7 Å². The summed E-state index contributed by atoms with van der Waals surface area (Å²) in [5.41, 5.74) is 1.10. The van der Waals surface area contributed by atoms with Crippen molar-refractivity contribution in [2.24, 2.45) is 0 Å². The maximum Gasteiger partial charge on any atom is 0.249 e. The van der Waals surface area contributed by atoms with Crippen LogP contribution in [0, 0.1) is 0 Å². The predicted molar refractivity (Wildman–Crippen MR) is 102 cm³/mol. The highest BCUT2D eigenvalue weighted by atomic mass is 35.5. The Kier molecular flexibility index (Phi) is 7.26. The molecule has 2 aromatic rings. The fourth-order valence-corrected chi connectivity index (χ4v) is 3.36. The zero-order valence-corrected chi connectivity index (χ0v) is 16.3. The first-order chi connectivity index (χ1) is 13.2. The molecule has 6 nitrogen and oxygen atoms in total. The van der Waals surface area contributed by atoms with E-state index in [2.05, 4.69) is 4.98 Å². The molecular weight excluding hydrogens is 368 g/mol. The number of nitrogens with zero attached hydrogens (tertiary/aromatic N) is 2. The van der Waals surface area contributed by atoms with Crippen molar-refractivity contribution in [2.45, 2.75) is 31.7 Å². The van der Waals surface area contributed by atoms with E-state index in [-0.39, 0.29) is 18.6 Å². The van der Waals surface area contributed by atoms with E-state index in [0.29, 0.717) is 37.1 Å². The molecule has 0 N–H and O–H groups in total. The fraction of sp³-hybridized carbons (Fsp3) is 0.500. The summed E-state index contributed by atoms with van der Waals surface area (Å²) >= 11 is 5.93. The van der Waals surface area contributed by atoms with Gasteiger partial charge in [0.25, 0.3) is 0 Å². The molecule has 1 saturated heterocycles. The molecule has 1 aliphatic heterocycles. The Bertz CT molecular complexity index is 732. The average molecular weight is 393 g/mol. The van der Waals surface area contributed by atoms with Crippen LogP contribution < -0.4 is 0 Å². The maximum atomic E-state index is 12.6. The third-order valence-corrected chi connectivity index (χ3v) is 4.88. The second kappa shape index (κ2) is 9.88. The van der Waals surface area contributed by atoms with Crippen LogP contribution >= 0.6 is 11.6 Å². The molecule has 3 rings (SSSR count). The highest BCUT2D eigenvalue weighted by Crippen LogP contribution is 2.31. The first kappa shape index (κ1) is 19.9. The second-order valence-corrected chi connectivity index (χ2v) is 7.05. The molecule has 0 unspecified atom stereocenters. The van der Waals surface area contributed by atoms with Gasteiger partial charge in [0.1, 0.15) is 18.4 Å². The number of benzene rings is 1. The lowest BCUT2D eigenvalue weighted by Crippen LogP contribution is -2.40. The van der Waals surface area contributed by atoms with Crippen LogP contribution in [0.15, 0.2) is 34.9 Å². The molecule has 27 heavy (non-hydrogen) atoms. The molecule has 1 atom stereocenters. The van der Waals surface area contributed by atoms with Gasteiger partial charge in [0, 0.05) is 25.1 Å². The number of ether oxygens (including phenoxy) is 2. The third-order valence-electron chi connectivity index (χ3n) is 4.63. The molecule has 1 aliphatic rings. The number of amides is 1. The van der Waals surface area contributed by atoms with Gasteiger partial charge in [0.2, 0.25) is 11.8 Å². The van der Waals surface area contributed by atoms with Crippen molar-refractivity contribution < 1.29 is 18.7 Å². The van der Waals surface area contributed by atoms with Gasteiger partial charge in [0.05, 0.1) is 19.4 Å². The number of likely N-dealkylation sites (tertiary alicyclic amines) is 1. The van der Waals surface area contributed by atoms with Crippen LogP contribution in [0.4, 0.5) is 0 Å². The Balaban J connectivity index is 1.63. The summed E-state index contributed by atoms with van der Waals surface area (Å²) in [4.78, 5) is 18.8. The number of methoxy groups -OCH3 is 1. The van der Waals surface area contributed by atoms with Crippen molar-refractivity contribution in [2.75, 3.05) is 33.5 Å². The van der Waals surface area contributed by atoms with E-state index in [0.717, 1.165) is 30.6 Å². The van der Waals surface area contributed by atoms with Crippen LogP contribution in [-0.4, -0.2) is 49.3 Å². The zero-order chi connectivity index (χ0) is 19.1. The summed E-state index contributed by atoms with van der Waals surface area (Å²) < 4.78 is 16.3. The largest absolute Gasteiger partial charge is 0.443 e. The minimum Gasteiger partial charge on any atom is -0.443 e. The SMILES string of the molecule is COCCOCC(=O)N1CCCC[C@H]1c1ncc(Cc2ccc(Cl)cc2)o1. The normalized spacial score (nSPS) is 17.3. The molecule has 0 aliphatic carbocycles. The van der Waals surface area contributed by atoms with Crippen LogP contribution in [0.1, 0.15) is 42.5 Å². The van der Waals surface area contributed by atoms with Crippen molar-refractivity contribution >= 4 is 17.5 Å². The van der Waals surface area contributed by atoms with Gasteiger partial charge in [-0.3, -0.25) is 4.79 Å². The standard InChI is InChI=1S/C20H25ClN2O4/c1-25-10-11-26-14-19(24)23-9-3-2-4-18(23)20-22-13-17(27-20)12-15-5-7-16(21)8-6-15/h5-8,13,18H,2-4,9-12,14H2,1H3/t18-/m0/s1. The molecule has 7 heteroatoms. The van der Waals surface area contributed by atoms with Gasteiger partial charge in [-0.2, -0.15) is 0 Å². The van der Waals surface area contributed by atoms with E-state index in [4.69, 9.17) is 25.5 Å². The van der Waals surface area contributed by atoms with Crippen LogP contribution in [0.25, 0.3) is 0 Å². The molecule has 0 radical (unpaired) electrons. The van der Waals surface area contributed by atoms with Crippen molar-refractivity contribution in [1.82, 2.24) is 9.88 Å². The smallest absolute Gasteiger partial charge is 0.249 e.